The molecule has 1 aliphatic carbocycles. The Kier molecular flexibility index (Phi) is 6.06. The summed E-state index contributed by atoms with van der Waals surface area (Å²) in [6, 6.07) is 53.1. The first-order valence-corrected chi connectivity index (χ1v) is 15.9. The summed E-state index contributed by atoms with van der Waals surface area (Å²) in [6.07, 6.45) is 2.94. The van der Waals surface area contributed by atoms with Crippen LogP contribution in [0.15, 0.2) is 171 Å². The summed E-state index contributed by atoms with van der Waals surface area (Å²) in [5.41, 5.74) is 7.06. The maximum absolute atomic E-state index is 5.62. The van der Waals surface area contributed by atoms with Gasteiger partial charge in [0.1, 0.15) is 11.5 Å². The number of hydrogen-bond acceptors (Lipinski definition) is 2. The van der Waals surface area contributed by atoms with E-state index in [2.05, 4.69) is 147 Å². The highest BCUT2D eigenvalue weighted by atomic mass is 16.5. The highest BCUT2D eigenvalue weighted by Gasteiger charge is 2.47. The predicted molar refractivity (Wildman–Crippen MR) is 195 cm³/mol. The van der Waals surface area contributed by atoms with E-state index in [4.69, 9.17) is 9.47 Å². The molecule has 1 aliphatic rings. The van der Waals surface area contributed by atoms with E-state index >= 15 is 0 Å². The Hall–Kier alpha value is -6.12. The topological polar surface area (TPSA) is 18.5 Å². The molecule has 0 unspecified atom stereocenters. The summed E-state index contributed by atoms with van der Waals surface area (Å²) in [5.74, 6) is 1.55. The molecule has 0 bridgehead atoms. The van der Waals surface area contributed by atoms with Crippen molar-refractivity contribution in [3.8, 4) is 22.6 Å². The summed E-state index contributed by atoms with van der Waals surface area (Å²) >= 11 is 0. The molecule has 0 saturated heterocycles. The second-order valence-electron chi connectivity index (χ2n) is 12.2. The number of ether oxygens (including phenoxy) is 2. The maximum atomic E-state index is 5.62. The van der Waals surface area contributed by atoms with Gasteiger partial charge in [-0.25, -0.2) is 0 Å². The molecule has 0 radical (unpaired) electrons. The van der Waals surface area contributed by atoms with Crippen molar-refractivity contribution in [3.05, 3.63) is 194 Å². The minimum Gasteiger partial charge on any atom is -0.466 e. The molecule has 47 heavy (non-hydrogen) atoms. The summed E-state index contributed by atoms with van der Waals surface area (Å²) in [6.45, 7) is 7.47. The summed E-state index contributed by atoms with van der Waals surface area (Å²) in [5, 5.41) is 9.56. The van der Waals surface area contributed by atoms with E-state index in [9.17, 15) is 0 Å². The molecule has 0 atom stereocenters. The molecule has 8 aromatic rings. The van der Waals surface area contributed by atoms with Crippen LogP contribution in [0.3, 0.4) is 0 Å². The fourth-order valence-electron chi connectivity index (χ4n) is 7.89. The van der Waals surface area contributed by atoms with Crippen LogP contribution in [0.5, 0.6) is 11.5 Å². The van der Waals surface area contributed by atoms with Crippen molar-refractivity contribution in [1.29, 1.82) is 0 Å². The summed E-state index contributed by atoms with van der Waals surface area (Å²) in [4.78, 5) is 0. The molecular formula is C45H30O2. The maximum Gasteiger partial charge on any atom is 0.127 e. The largest absolute Gasteiger partial charge is 0.466 e. The Morgan fingerprint density at radius 2 is 0.809 bits per heavy atom. The van der Waals surface area contributed by atoms with Gasteiger partial charge < -0.3 is 9.47 Å². The normalized spacial score (nSPS) is 13.0. The van der Waals surface area contributed by atoms with Crippen LogP contribution in [0.2, 0.25) is 0 Å². The molecule has 0 saturated carbocycles. The minimum absolute atomic E-state index is 0.576. The van der Waals surface area contributed by atoms with Gasteiger partial charge in [-0.3, -0.25) is 0 Å². The van der Waals surface area contributed by atoms with Crippen molar-refractivity contribution in [2.45, 2.75) is 5.41 Å². The van der Waals surface area contributed by atoms with Crippen molar-refractivity contribution < 1.29 is 9.47 Å². The number of hydrogen-bond donors (Lipinski definition) is 0. The van der Waals surface area contributed by atoms with E-state index in [-0.39, 0.29) is 0 Å². The lowest BCUT2D eigenvalue weighted by Crippen LogP contribution is -2.28. The number of rotatable bonds is 6. The molecule has 0 N–H and O–H groups in total. The average molecular weight is 603 g/mol. The molecule has 8 aromatic carbocycles. The van der Waals surface area contributed by atoms with Crippen LogP contribution in [0, 0.1) is 0 Å². The first kappa shape index (κ1) is 27.2. The third-order valence-electron chi connectivity index (χ3n) is 9.84. The lowest BCUT2D eigenvalue weighted by Gasteiger charge is -2.34. The van der Waals surface area contributed by atoms with Crippen LogP contribution >= 0.6 is 0 Å². The van der Waals surface area contributed by atoms with Crippen LogP contribution in [0.1, 0.15) is 22.3 Å². The second-order valence-corrected chi connectivity index (χ2v) is 12.2. The van der Waals surface area contributed by atoms with E-state index in [1.807, 2.05) is 12.1 Å². The Bertz CT molecular complexity index is 2390. The van der Waals surface area contributed by atoms with Gasteiger partial charge in [-0.15, -0.1) is 0 Å². The first-order valence-electron chi connectivity index (χ1n) is 15.9. The van der Waals surface area contributed by atoms with E-state index < -0.39 is 5.41 Å². The Balaban J connectivity index is 1.43. The molecule has 2 nitrogen and oxygen atoms in total. The Morgan fingerprint density at radius 3 is 1.28 bits per heavy atom. The van der Waals surface area contributed by atoms with Crippen LogP contribution in [-0.4, -0.2) is 0 Å². The van der Waals surface area contributed by atoms with E-state index in [1.54, 1.807) is 0 Å². The van der Waals surface area contributed by atoms with Gasteiger partial charge in [0.25, 0.3) is 0 Å². The van der Waals surface area contributed by atoms with Gasteiger partial charge >= 0.3 is 0 Å². The molecule has 0 spiro atoms. The molecule has 222 valence electrons. The minimum atomic E-state index is -0.576. The molecule has 0 fully saturated rings. The smallest absolute Gasteiger partial charge is 0.127 e. The highest BCUT2D eigenvalue weighted by molar-refractivity contribution is 6.12. The monoisotopic (exact) mass is 602 g/mol. The fourth-order valence-corrected chi connectivity index (χ4v) is 7.89. The number of fused-ring (bicyclic) bond motifs is 9. The van der Waals surface area contributed by atoms with E-state index in [1.165, 1.54) is 67.4 Å². The summed E-state index contributed by atoms with van der Waals surface area (Å²) < 4.78 is 11.2. The van der Waals surface area contributed by atoms with Crippen molar-refractivity contribution in [2.75, 3.05) is 0 Å². The molecule has 0 amide bonds. The molecular weight excluding hydrogens is 572 g/mol. The van der Waals surface area contributed by atoms with Crippen molar-refractivity contribution in [2.24, 2.45) is 0 Å². The van der Waals surface area contributed by atoms with Gasteiger partial charge in [0.2, 0.25) is 0 Å². The van der Waals surface area contributed by atoms with Gasteiger partial charge in [-0.05, 0) is 113 Å². The third kappa shape index (κ3) is 3.98. The average Bonchev–Trinajstić information content (AvgIpc) is 3.43. The fraction of sp³-hybridized carbons (Fsp3) is 0.0222. The lowest BCUT2D eigenvalue weighted by molar-refractivity contribution is 0.484. The first-order chi connectivity index (χ1) is 23.2. The Morgan fingerprint density at radius 1 is 0.404 bits per heavy atom. The van der Waals surface area contributed by atoms with Crippen LogP contribution < -0.4 is 9.47 Å². The van der Waals surface area contributed by atoms with Crippen molar-refractivity contribution in [1.82, 2.24) is 0 Å². The molecule has 2 heteroatoms. The van der Waals surface area contributed by atoms with Crippen LogP contribution in [0.25, 0.3) is 54.2 Å². The molecule has 0 aromatic heterocycles. The van der Waals surface area contributed by atoms with Crippen molar-refractivity contribution >= 4 is 43.1 Å². The highest BCUT2D eigenvalue weighted by Crippen LogP contribution is 2.59. The van der Waals surface area contributed by atoms with Gasteiger partial charge in [0.15, 0.2) is 0 Å². The predicted octanol–water partition coefficient (Wildman–Crippen LogP) is 11.7. The zero-order chi connectivity index (χ0) is 31.5. The summed E-state index contributed by atoms with van der Waals surface area (Å²) in [7, 11) is 0. The van der Waals surface area contributed by atoms with Gasteiger partial charge in [0, 0.05) is 0 Å². The van der Waals surface area contributed by atoms with Gasteiger partial charge in [-0.2, -0.15) is 0 Å². The lowest BCUT2D eigenvalue weighted by atomic mass is 9.67. The third-order valence-corrected chi connectivity index (χ3v) is 9.84. The Labute approximate surface area is 273 Å². The quantitative estimate of drug-likeness (QED) is 0.176. The van der Waals surface area contributed by atoms with E-state index in [0.29, 0.717) is 0 Å². The zero-order valence-electron chi connectivity index (χ0n) is 25.7. The van der Waals surface area contributed by atoms with Crippen molar-refractivity contribution in [3.63, 3.8) is 0 Å². The van der Waals surface area contributed by atoms with Crippen LogP contribution in [0.4, 0.5) is 0 Å². The van der Waals surface area contributed by atoms with E-state index in [0.717, 1.165) is 33.0 Å². The zero-order valence-corrected chi connectivity index (χ0v) is 25.7. The van der Waals surface area contributed by atoms with Crippen LogP contribution in [-0.2, 0) is 5.41 Å². The molecule has 0 aliphatic heterocycles. The second kappa shape index (κ2) is 10.5. The van der Waals surface area contributed by atoms with Gasteiger partial charge in [-0.1, -0.05) is 122 Å². The standard InChI is InChI=1S/C45H30O2/c1-3-46-37-21-15-31-25-35(19-13-33(31)27-37)45(36-20-14-34-28-38(47-4-2)22-16-32(34)26-36)41-23-17-29-9-5-7-11-39(29)43(41)44-40-12-8-6-10-30(40)18-24-42(44)45/h3-28H,1-2H2. The SMILES string of the molecule is C=COc1ccc2cc(C3(c4ccc5cc(OC=C)ccc5c4)c4ccc5ccccc5c4-c4c3ccc3ccccc43)ccc2c1. The van der Waals surface area contributed by atoms with Gasteiger partial charge in [0.05, 0.1) is 17.9 Å². The number of benzene rings is 8. The molecule has 9 rings (SSSR count). The molecule has 0 heterocycles.